The highest BCUT2D eigenvalue weighted by Crippen LogP contribution is 2.28. The molecule has 1 heterocycles. The number of carbonyl (C=O) groups is 3. The molecular formula is C27H22ClN5O5S. The Morgan fingerprint density at radius 2 is 1.69 bits per heavy atom. The molecule has 2 amide bonds. The minimum atomic E-state index is -0.562. The molecule has 2 N–H and O–H groups in total. The van der Waals surface area contributed by atoms with Crippen molar-refractivity contribution in [3.8, 4) is 11.5 Å². The van der Waals surface area contributed by atoms with Crippen molar-refractivity contribution in [2.45, 2.75) is 13.3 Å². The van der Waals surface area contributed by atoms with E-state index in [1.165, 1.54) is 13.3 Å². The number of nitrogens with zero attached hydrogens (tertiary/aromatic N) is 3. The van der Waals surface area contributed by atoms with E-state index in [2.05, 4.69) is 26.0 Å². The second-order valence-corrected chi connectivity index (χ2v) is 9.60. The number of rotatable bonds is 9. The fourth-order valence-electron chi connectivity index (χ4n) is 3.20. The van der Waals surface area contributed by atoms with Crippen LogP contribution in [0.15, 0.2) is 71.8 Å². The zero-order chi connectivity index (χ0) is 27.8. The number of methoxy groups -OCH3 is 1. The van der Waals surface area contributed by atoms with Crippen molar-refractivity contribution in [2.75, 3.05) is 12.4 Å². The summed E-state index contributed by atoms with van der Waals surface area (Å²) in [6.07, 6.45) is 1.34. The van der Waals surface area contributed by atoms with Gasteiger partial charge in [-0.2, -0.15) is 5.10 Å². The summed E-state index contributed by atoms with van der Waals surface area (Å²) in [7, 11) is 1.44. The Balaban J connectivity index is 1.29. The smallest absolute Gasteiger partial charge is 0.343 e. The SMILES string of the molecule is COc1cc(C=NNC(=O)Cc2nnc(NC(=O)c3ccc(C)cc3)s2)ccc1OC(=O)c1ccc(Cl)cc1. The molecule has 0 fully saturated rings. The lowest BCUT2D eigenvalue weighted by molar-refractivity contribution is -0.120. The normalized spacial score (nSPS) is 10.7. The van der Waals surface area contributed by atoms with E-state index in [-0.39, 0.29) is 23.2 Å². The van der Waals surface area contributed by atoms with Crippen LogP contribution in [-0.4, -0.2) is 41.3 Å². The van der Waals surface area contributed by atoms with Crippen LogP contribution in [0.3, 0.4) is 0 Å². The van der Waals surface area contributed by atoms with Gasteiger partial charge in [0.1, 0.15) is 5.01 Å². The zero-order valence-corrected chi connectivity index (χ0v) is 22.4. The Kier molecular flexibility index (Phi) is 8.97. The molecule has 0 atom stereocenters. The molecule has 0 saturated heterocycles. The number of esters is 1. The molecule has 0 spiro atoms. The number of halogens is 1. The molecule has 0 bridgehead atoms. The van der Waals surface area contributed by atoms with Gasteiger partial charge in [0.2, 0.25) is 11.0 Å². The Morgan fingerprint density at radius 3 is 2.41 bits per heavy atom. The molecule has 12 heteroatoms. The molecule has 198 valence electrons. The first-order valence-corrected chi connectivity index (χ1v) is 12.7. The first kappa shape index (κ1) is 27.4. The van der Waals surface area contributed by atoms with E-state index in [4.69, 9.17) is 21.1 Å². The highest BCUT2D eigenvalue weighted by atomic mass is 35.5. The van der Waals surface area contributed by atoms with Gasteiger partial charge >= 0.3 is 5.97 Å². The zero-order valence-electron chi connectivity index (χ0n) is 20.8. The number of benzene rings is 3. The maximum atomic E-state index is 12.4. The van der Waals surface area contributed by atoms with E-state index >= 15 is 0 Å². The van der Waals surface area contributed by atoms with Gasteiger partial charge in [-0.05, 0) is 67.1 Å². The van der Waals surface area contributed by atoms with Gasteiger partial charge in [0, 0.05) is 10.6 Å². The number of carbonyl (C=O) groups excluding carboxylic acids is 3. The lowest BCUT2D eigenvalue weighted by atomic mass is 10.1. The number of aryl methyl sites for hydroxylation is 1. The minimum Gasteiger partial charge on any atom is -0.493 e. The number of hydrazone groups is 1. The first-order valence-electron chi connectivity index (χ1n) is 11.5. The van der Waals surface area contributed by atoms with Gasteiger partial charge in [-0.1, -0.05) is 40.6 Å². The molecule has 10 nitrogen and oxygen atoms in total. The van der Waals surface area contributed by atoms with Crippen LogP contribution in [0.4, 0.5) is 5.13 Å². The number of nitrogens with one attached hydrogen (secondary N) is 2. The van der Waals surface area contributed by atoms with Gasteiger partial charge in [0.15, 0.2) is 11.5 Å². The van der Waals surface area contributed by atoms with E-state index in [9.17, 15) is 14.4 Å². The summed E-state index contributed by atoms with van der Waals surface area (Å²) in [5, 5.41) is 15.7. The van der Waals surface area contributed by atoms with Crippen LogP contribution in [-0.2, 0) is 11.2 Å². The second kappa shape index (κ2) is 12.8. The van der Waals surface area contributed by atoms with E-state index < -0.39 is 11.9 Å². The van der Waals surface area contributed by atoms with Crippen molar-refractivity contribution in [3.63, 3.8) is 0 Å². The van der Waals surface area contributed by atoms with Crippen LogP contribution in [0.5, 0.6) is 11.5 Å². The molecule has 0 radical (unpaired) electrons. The van der Waals surface area contributed by atoms with Crippen molar-refractivity contribution < 1.29 is 23.9 Å². The maximum Gasteiger partial charge on any atom is 0.343 e. The summed E-state index contributed by atoms with van der Waals surface area (Å²) in [5.74, 6) is -0.762. The Labute approximate surface area is 232 Å². The predicted molar refractivity (Wildman–Crippen MR) is 148 cm³/mol. The van der Waals surface area contributed by atoms with Gasteiger partial charge in [-0.3, -0.25) is 14.9 Å². The molecule has 4 aromatic rings. The molecule has 3 aromatic carbocycles. The fraction of sp³-hybridized carbons (Fsp3) is 0.111. The van der Waals surface area contributed by atoms with Crippen LogP contribution in [0.1, 0.15) is 36.9 Å². The Morgan fingerprint density at radius 1 is 0.974 bits per heavy atom. The van der Waals surface area contributed by atoms with E-state index in [1.807, 2.05) is 19.1 Å². The fourth-order valence-corrected chi connectivity index (χ4v) is 4.06. The topological polar surface area (TPSA) is 132 Å². The van der Waals surface area contributed by atoms with Gasteiger partial charge < -0.3 is 9.47 Å². The van der Waals surface area contributed by atoms with Crippen LogP contribution in [0.2, 0.25) is 5.02 Å². The average Bonchev–Trinajstić information content (AvgIpc) is 3.36. The van der Waals surface area contributed by atoms with Crippen LogP contribution in [0.25, 0.3) is 0 Å². The Bertz CT molecular complexity index is 1520. The monoisotopic (exact) mass is 563 g/mol. The lowest BCUT2D eigenvalue weighted by Crippen LogP contribution is -2.19. The van der Waals surface area contributed by atoms with Crippen molar-refractivity contribution in [3.05, 3.63) is 99.0 Å². The van der Waals surface area contributed by atoms with E-state index in [0.29, 0.717) is 32.5 Å². The number of amides is 2. The van der Waals surface area contributed by atoms with Crippen molar-refractivity contribution >= 4 is 52.1 Å². The largest absolute Gasteiger partial charge is 0.493 e. The quantitative estimate of drug-likeness (QED) is 0.131. The maximum absolute atomic E-state index is 12.4. The average molecular weight is 564 g/mol. The standard InChI is InChI=1S/C27H22ClN5O5S/c1-16-3-6-18(7-4-16)25(35)30-27-33-32-24(39-27)14-23(34)31-29-15-17-5-12-21(22(13-17)37-2)38-26(36)19-8-10-20(28)11-9-19/h3-13,15H,14H2,1-2H3,(H,31,34)(H,30,33,35). The highest BCUT2D eigenvalue weighted by molar-refractivity contribution is 7.15. The summed E-state index contributed by atoms with van der Waals surface area (Å²) in [5.41, 5.74) is 4.89. The van der Waals surface area contributed by atoms with Crippen LogP contribution >= 0.6 is 22.9 Å². The van der Waals surface area contributed by atoms with Crippen LogP contribution in [0, 0.1) is 6.92 Å². The van der Waals surface area contributed by atoms with Crippen molar-refractivity contribution in [1.29, 1.82) is 0 Å². The second-order valence-electron chi connectivity index (χ2n) is 8.10. The van der Waals surface area contributed by atoms with Gasteiger partial charge in [0.05, 0.1) is 25.3 Å². The molecule has 4 rings (SSSR count). The van der Waals surface area contributed by atoms with Crippen molar-refractivity contribution in [2.24, 2.45) is 5.10 Å². The third-order valence-corrected chi connectivity index (χ3v) is 6.28. The van der Waals surface area contributed by atoms with Gasteiger partial charge in [0.25, 0.3) is 5.91 Å². The highest BCUT2D eigenvalue weighted by Gasteiger charge is 2.14. The minimum absolute atomic E-state index is 0.0711. The summed E-state index contributed by atoms with van der Waals surface area (Å²) in [4.78, 5) is 37.0. The third-order valence-electron chi connectivity index (χ3n) is 5.19. The molecule has 0 aliphatic rings. The molecule has 39 heavy (non-hydrogen) atoms. The Hall–Kier alpha value is -4.61. The van der Waals surface area contributed by atoms with E-state index in [1.54, 1.807) is 54.6 Å². The molecule has 0 unspecified atom stereocenters. The summed E-state index contributed by atoms with van der Waals surface area (Å²) in [6.45, 7) is 1.93. The van der Waals surface area contributed by atoms with E-state index in [0.717, 1.165) is 16.9 Å². The molecule has 0 aliphatic carbocycles. The number of anilines is 1. The summed E-state index contributed by atoms with van der Waals surface area (Å²) < 4.78 is 10.7. The lowest BCUT2D eigenvalue weighted by Gasteiger charge is -2.10. The molecular weight excluding hydrogens is 542 g/mol. The van der Waals surface area contributed by atoms with Gasteiger partial charge in [-0.25, -0.2) is 10.2 Å². The summed E-state index contributed by atoms with van der Waals surface area (Å²) >= 11 is 6.95. The predicted octanol–water partition coefficient (Wildman–Crippen LogP) is 4.67. The van der Waals surface area contributed by atoms with Crippen LogP contribution < -0.4 is 20.2 Å². The van der Waals surface area contributed by atoms with Gasteiger partial charge in [-0.15, -0.1) is 10.2 Å². The van der Waals surface area contributed by atoms with Crippen molar-refractivity contribution in [1.82, 2.24) is 15.6 Å². The first-order chi connectivity index (χ1) is 18.8. The third kappa shape index (κ3) is 7.69. The number of hydrogen-bond donors (Lipinski definition) is 2. The molecule has 1 aromatic heterocycles. The summed E-state index contributed by atoms with van der Waals surface area (Å²) in [6, 6.07) is 18.2. The number of aromatic nitrogens is 2. The number of hydrogen-bond acceptors (Lipinski definition) is 9. The molecule has 0 saturated carbocycles. The molecule has 0 aliphatic heterocycles. The number of ether oxygens (including phenoxy) is 2.